The van der Waals surface area contributed by atoms with E-state index in [1.165, 1.54) is 0 Å². The van der Waals surface area contributed by atoms with Gasteiger partial charge in [0.2, 0.25) is 10.0 Å². The molecule has 6 heteroatoms. The normalized spacial score (nSPS) is 23.5. The molecule has 0 radical (unpaired) electrons. The number of hydrogen-bond donors (Lipinski definition) is 1. The van der Waals surface area contributed by atoms with Gasteiger partial charge in [-0.1, -0.05) is 6.92 Å². The largest absolute Gasteiger partial charge is 0.496 e. The molecule has 0 saturated carbocycles. The van der Waals surface area contributed by atoms with Crippen molar-refractivity contribution in [1.82, 2.24) is 9.62 Å². The maximum atomic E-state index is 12.6. The average molecular weight is 312 g/mol. The van der Waals surface area contributed by atoms with Crippen LogP contribution in [0.25, 0.3) is 0 Å². The molecule has 2 atom stereocenters. The van der Waals surface area contributed by atoms with Crippen LogP contribution in [0.5, 0.6) is 5.75 Å². The van der Waals surface area contributed by atoms with E-state index in [2.05, 4.69) is 16.5 Å². The molecule has 0 aromatic heterocycles. The van der Waals surface area contributed by atoms with Crippen LogP contribution in [0.1, 0.15) is 18.1 Å². The molecular formula is C15H24N2O3S. The molecule has 1 aromatic carbocycles. The lowest BCUT2D eigenvalue weighted by Crippen LogP contribution is -2.39. The number of benzene rings is 1. The number of rotatable bonds is 4. The number of methoxy groups -OCH3 is 1. The number of ether oxygens (including phenoxy) is 1. The van der Waals surface area contributed by atoms with Gasteiger partial charge < -0.3 is 9.64 Å². The topological polar surface area (TPSA) is 58.6 Å². The molecule has 0 bridgehead atoms. The Morgan fingerprint density at radius 1 is 1.24 bits per heavy atom. The van der Waals surface area contributed by atoms with E-state index >= 15 is 0 Å². The number of likely N-dealkylation sites (N-methyl/N-ethyl adjacent to an activating group) is 1. The van der Waals surface area contributed by atoms with Crippen LogP contribution < -0.4 is 9.46 Å². The summed E-state index contributed by atoms with van der Waals surface area (Å²) >= 11 is 0. The van der Waals surface area contributed by atoms with Crippen molar-refractivity contribution < 1.29 is 13.2 Å². The zero-order valence-corrected chi connectivity index (χ0v) is 14.1. The van der Waals surface area contributed by atoms with Gasteiger partial charge in [0.1, 0.15) is 5.75 Å². The van der Waals surface area contributed by atoms with E-state index in [1.54, 1.807) is 19.2 Å². The maximum Gasteiger partial charge on any atom is 0.241 e. The Morgan fingerprint density at radius 3 is 2.43 bits per heavy atom. The lowest BCUT2D eigenvalue weighted by Gasteiger charge is -2.19. The minimum atomic E-state index is -3.51. The highest BCUT2D eigenvalue weighted by Gasteiger charge is 2.32. The first-order valence-electron chi connectivity index (χ1n) is 7.11. The van der Waals surface area contributed by atoms with Gasteiger partial charge in [-0.3, -0.25) is 0 Å². The fourth-order valence-electron chi connectivity index (χ4n) is 2.91. The lowest BCUT2D eigenvalue weighted by molar-refractivity contribution is 0.400. The third-order valence-corrected chi connectivity index (χ3v) is 5.93. The molecule has 1 heterocycles. The second-order valence-corrected chi connectivity index (χ2v) is 7.62. The molecule has 1 aliphatic heterocycles. The highest BCUT2D eigenvalue weighted by Crippen LogP contribution is 2.27. The van der Waals surface area contributed by atoms with E-state index in [1.807, 2.05) is 20.9 Å². The molecule has 1 aromatic rings. The fourth-order valence-corrected chi connectivity index (χ4v) is 4.54. The molecule has 5 nitrogen and oxygen atoms in total. The molecule has 0 aliphatic carbocycles. The Kier molecular flexibility index (Phi) is 4.60. The van der Waals surface area contributed by atoms with Gasteiger partial charge in [-0.15, -0.1) is 0 Å². The number of nitrogens with one attached hydrogen (secondary N) is 1. The van der Waals surface area contributed by atoms with Crippen molar-refractivity contribution in [3.8, 4) is 5.75 Å². The number of hydrogen-bond acceptors (Lipinski definition) is 4. The van der Waals surface area contributed by atoms with Gasteiger partial charge in [-0.2, -0.15) is 0 Å². The van der Waals surface area contributed by atoms with Crippen molar-refractivity contribution >= 4 is 10.0 Å². The molecule has 1 saturated heterocycles. The van der Waals surface area contributed by atoms with Crippen molar-refractivity contribution in [2.24, 2.45) is 5.92 Å². The van der Waals surface area contributed by atoms with Crippen LogP contribution in [0.2, 0.25) is 0 Å². The summed E-state index contributed by atoms with van der Waals surface area (Å²) in [5.41, 5.74) is 1.60. The van der Waals surface area contributed by atoms with Gasteiger partial charge in [0.25, 0.3) is 0 Å². The molecule has 0 unspecified atom stereocenters. The Bertz CT molecular complexity index is 628. The van der Waals surface area contributed by atoms with Gasteiger partial charge in [0, 0.05) is 19.1 Å². The Morgan fingerprint density at radius 2 is 1.90 bits per heavy atom. The fraction of sp³-hybridized carbons (Fsp3) is 0.600. The standard InChI is InChI=1S/C15H24N2O3S/c1-10-8-17(4)9-13(10)16-21(18,19)15-7-6-14(20-5)11(2)12(15)3/h6-7,10,13,16H,8-9H2,1-5H3/t10-,13-/m1/s1. The predicted octanol–water partition coefficient (Wildman–Crippen LogP) is 1.54. The zero-order valence-electron chi connectivity index (χ0n) is 13.3. The van der Waals surface area contributed by atoms with E-state index in [0.717, 1.165) is 24.2 Å². The summed E-state index contributed by atoms with van der Waals surface area (Å²) in [4.78, 5) is 2.48. The Labute approximate surface area is 127 Å². The molecule has 1 N–H and O–H groups in total. The Hall–Kier alpha value is -1.11. The summed E-state index contributed by atoms with van der Waals surface area (Å²) < 4.78 is 33.4. The van der Waals surface area contributed by atoms with Crippen molar-refractivity contribution in [3.63, 3.8) is 0 Å². The number of likely N-dealkylation sites (tertiary alicyclic amines) is 1. The zero-order chi connectivity index (χ0) is 15.8. The smallest absolute Gasteiger partial charge is 0.241 e. The first kappa shape index (κ1) is 16.3. The molecule has 1 fully saturated rings. The average Bonchev–Trinajstić information content (AvgIpc) is 2.70. The summed E-state index contributed by atoms with van der Waals surface area (Å²) in [7, 11) is 0.0846. The van der Waals surface area contributed by atoms with E-state index in [-0.39, 0.29) is 6.04 Å². The second-order valence-electron chi connectivity index (χ2n) is 5.94. The highest BCUT2D eigenvalue weighted by atomic mass is 32.2. The highest BCUT2D eigenvalue weighted by molar-refractivity contribution is 7.89. The van der Waals surface area contributed by atoms with E-state index in [0.29, 0.717) is 16.6 Å². The number of nitrogens with zero attached hydrogens (tertiary/aromatic N) is 1. The van der Waals surface area contributed by atoms with Crippen molar-refractivity contribution in [3.05, 3.63) is 23.3 Å². The predicted molar refractivity (Wildman–Crippen MR) is 83.2 cm³/mol. The molecule has 2 rings (SSSR count). The van der Waals surface area contributed by atoms with Gasteiger partial charge in [0.05, 0.1) is 12.0 Å². The molecule has 118 valence electrons. The van der Waals surface area contributed by atoms with Gasteiger partial charge >= 0.3 is 0 Å². The summed E-state index contributed by atoms with van der Waals surface area (Å²) in [6.45, 7) is 7.42. The van der Waals surface area contributed by atoms with Crippen LogP contribution in [0.3, 0.4) is 0 Å². The van der Waals surface area contributed by atoms with Crippen molar-refractivity contribution in [2.45, 2.75) is 31.7 Å². The van der Waals surface area contributed by atoms with Gasteiger partial charge in [-0.05, 0) is 50.1 Å². The third-order valence-electron chi connectivity index (χ3n) is 4.30. The van der Waals surface area contributed by atoms with Crippen LogP contribution in [0.4, 0.5) is 0 Å². The monoisotopic (exact) mass is 312 g/mol. The first-order valence-corrected chi connectivity index (χ1v) is 8.59. The minimum absolute atomic E-state index is 0.0400. The second kappa shape index (κ2) is 5.94. The van der Waals surface area contributed by atoms with Crippen molar-refractivity contribution in [2.75, 3.05) is 27.2 Å². The quantitative estimate of drug-likeness (QED) is 0.916. The summed E-state index contributed by atoms with van der Waals surface area (Å²) in [5.74, 6) is 1.02. The van der Waals surface area contributed by atoms with Gasteiger partial charge in [-0.25, -0.2) is 13.1 Å². The van der Waals surface area contributed by atoms with Crippen LogP contribution in [0, 0.1) is 19.8 Å². The summed E-state index contributed by atoms with van der Waals surface area (Å²) in [6.07, 6.45) is 0. The van der Waals surface area contributed by atoms with E-state index in [9.17, 15) is 8.42 Å². The molecule has 1 aliphatic rings. The molecule has 21 heavy (non-hydrogen) atoms. The minimum Gasteiger partial charge on any atom is -0.496 e. The van der Waals surface area contributed by atoms with Crippen molar-refractivity contribution in [1.29, 1.82) is 0 Å². The summed E-state index contributed by atoms with van der Waals surface area (Å²) in [5, 5.41) is 0. The van der Waals surface area contributed by atoms with E-state index in [4.69, 9.17) is 4.74 Å². The Balaban J connectivity index is 2.30. The van der Waals surface area contributed by atoms with Crippen LogP contribution in [0.15, 0.2) is 17.0 Å². The molecule has 0 spiro atoms. The van der Waals surface area contributed by atoms with Crippen LogP contribution >= 0.6 is 0 Å². The van der Waals surface area contributed by atoms with E-state index < -0.39 is 10.0 Å². The summed E-state index contributed by atoms with van der Waals surface area (Å²) in [6, 6.07) is 3.29. The van der Waals surface area contributed by atoms with Gasteiger partial charge in [0.15, 0.2) is 0 Å². The molecule has 0 amide bonds. The molecular weight excluding hydrogens is 288 g/mol. The lowest BCUT2D eigenvalue weighted by atomic mass is 10.1. The van der Waals surface area contributed by atoms with Crippen LogP contribution in [-0.2, 0) is 10.0 Å². The van der Waals surface area contributed by atoms with Crippen LogP contribution in [-0.4, -0.2) is 46.6 Å². The SMILES string of the molecule is COc1ccc(S(=O)(=O)N[C@@H]2CN(C)C[C@H]2C)c(C)c1C. The maximum absolute atomic E-state index is 12.6. The first-order chi connectivity index (χ1) is 9.76. The third kappa shape index (κ3) is 3.22. The number of sulfonamides is 1.